The summed E-state index contributed by atoms with van der Waals surface area (Å²) in [5.41, 5.74) is 8.37. The third-order valence-corrected chi connectivity index (χ3v) is 11.2. The number of hydrogen-bond acceptors (Lipinski definition) is 2. The summed E-state index contributed by atoms with van der Waals surface area (Å²) in [7, 11) is 0. The molecule has 1 nitrogen and oxygen atoms in total. The highest BCUT2D eigenvalue weighted by Gasteiger charge is 2.19. The van der Waals surface area contributed by atoms with Gasteiger partial charge in [0, 0.05) is 26.8 Å². The number of nitrogens with zero attached hydrogens (tertiary/aromatic N) is 1. The molecule has 50 heavy (non-hydrogen) atoms. The van der Waals surface area contributed by atoms with Gasteiger partial charge in [0.05, 0.1) is 10.4 Å². The van der Waals surface area contributed by atoms with Crippen molar-refractivity contribution in [1.82, 2.24) is 0 Å². The highest BCUT2D eigenvalue weighted by atomic mass is 32.1. The number of hydrogen-bond donors (Lipinski definition) is 0. The lowest BCUT2D eigenvalue weighted by atomic mass is 9.96. The summed E-state index contributed by atoms with van der Waals surface area (Å²) < 4.78 is 2.59. The molecule has 10 aromatic rings. The Bertz CT molecular complexity index is 2860. The van der Waals surface area contributed by atoms with Gasteiger partial charge in [0.15, 0.2) is 0 Å². The van der Waals surface area contributed by atoms with Crippen LogP contribution in [0.15, 0.2) is 188 Å². The summed E-state index contributed by atoms with van der Waals surface area (Å²) in [6.45, 7) is 0. The van der Waals surface area contributed by atoms with Gasteiger partial charge in [-0.25, -0.2) is 0 Å². The normalized spacial score (nSPS) is 11.6. The van der Waals surface area contributed by atoms with Gasteiger partial charge in [-0.1, -0.05) is 146 Å². The highest BCUT2D eigenvalue weighted by Crippen LogP contribution is 2.46. The van der Waals surface area contributed by atoms with Crippen LogP contribution < -0.4 is 4.90 Å². The van der Waals surface area contributed by atoms with E-state index < -0.39 is 0 Å². The maximum absolute atomic E-state index is 2.45. The van der Waals surface area contributed by atoms with Crippen molar-refractivity contribution in [3.05, 3.63) is 188 Å². The van der Waals surface area contributed by atoms with Crippen molar-refractivity contribution in [3.63, 3.8) is 0 Å². The SMILES string of the molecule is c1ccc(-c2ccc3ccc4ccc(N(c5ccc(-c6cccc7ccccc67)cc5)c5cccc6c5sc5ccccc56)cc4c3c2)cc1. The topological polar surface area (TPSA) is 3.24 Å². The zero-order chi connectivity index (χ0) is 33.0. The molecule has 234 valence electrons. The van der Waals surface area contributed by atoms with E-state index in [9.17, 15) is 0 Å². The van der Waals surface area contributed by atoms with Crippen LogP contribution in [0.25, 0.3) is 74.7 Å². The van der Waals surface area contributed by atoms with Crippen molar-refractivity contribution < 1.29 is 0 Å². The molecule has 0 amide bonds. The molecule has 0 bridgehead atoms. The summed E-state index contributed by atoms with van der Waals surface area (Å²) >= 11 is 1.87. The largest absolute Gasteiger partial charge is 0.309 e. The fourth-order valence-electron chi connectivity index (χ4n) is 7.59. The molecule has 0 atom stereocenters. The smallest absolute Gasteiger partial charge is 0.0640 e. The van der Waals surface area contributed by atoms with Crippen LogP contribution in [0.4, 0.5) is 17.1 Å². The Morgan fingerprint density at radius 1 is 0.340 bits per heavy atom. The Kier molecular flexibility index (Phi) is 6.75. The number of rotatable bonds is 5. The molecule has 1 heterocycles. The van der Waals surface area contributed by atoms with Crippen LogP contribution >= 0.6 is 11.3 Å². The first kappa shape index (κ1) is 28.8. The summed E-state index contributed by atoms with van der Waals surface area (Å²) in [6, 6.07) is 68.8. The fourth-order valence-corrected chi connectivity index (χ4v) is 8.80. The maximum atomic E-state index is 2.45. The number of benzene rings is 9. The molecule has 0 unspecified atom stereocenters. The zero-order valence-corrected chi connectivity index (χ0v) is 28.1. The molecule has 0 aliphatic carbocycles. The van der Waals surface area contributed by atoms with Gasteiger partial charge < -0.3 is 4.90 Å². The molecule has 2 heteroatoms. The Morgan fingerprint density at radius 2 is 0.940 bits per heavy atom. The second-order valence-electron chi connectivity index (χ2n) is 12.9. The first-order valence-electron chi connectivity index (χ1n) is 17.1. The lowest BCUT2D eigenvalue weighted by Crippen LogP contribution is -2.10. The van der Waals surface area contributed by atoms with Gasteiger partial charge in [0.25, 0.3) is 0 Å². The molecular weight excluding hydrogens is 623 g/mol. The van der Waals surface area contributed by atoms with E-state index in [1.54, 1.807) is 0 Å². The third kappa shape index (κ3) is 4.76. The van der Waals surface area contributed by atoms with Gasteiger partial charge in [-0.05, 0) is 97.0 Å². The average molecular weight is 654 g/mol. The quantitative estimate of drug-likeness (QED) is 0.167. The van der Waals surface area contributed by atoms with Gasteiger partial charge >= 0.3 is 0 Å². The van der Waals surface area contributed by atoms with Crippen LogP contribution in [0, 0.1) is 0 Å². The summed E-state index contributed by atoms with van der Waals surface area (Å²) in [6.07, 6.45) is 0. The lowest BCUT2D eigenvalue weighted by molar-refractivity contribution is 1.31. The minimum absolute atomic E-state index is 1.13. The van der Waals surface area contributed by atoms with E-state index in [1.165, 1.54) is 80.4 Å². The third-order valence-electron chi connectivity index (χ3n) is 10.0. The molecule has 0 N–H and O–H groups in total. The van der Waals surface area contributed by atoms with E-state index in [4.69, 9.17) is 0 Å². The molecule has 0 aliphatic heterocycles. The minimum Gasteiger partial charge on any atom is -0.309 e. The minimum atomic E-state index is 1.13. The standard InChI is InChI=1S/C48H31NS/c1-2-10-32(11-3-1)37-23-22-35-20-21-36-26-29-39(31-45(36)44(35)30-37)49(46-18-9-17-43-42-15-6-7-19-47(42)50-48(43)46)38-27-24-34(25-28-38)41-16-8-13-33-12-4-5-14-40(33)41/h1-31H. The van der Waals surface area contributed by atoms with E-state index in [-0.39, 0.29) is 0 Å². The number of thiophene rings is 1. The Hall–Kier alpha value is -6.22. The molecule has 0 spiro atoms. The Labute approximate surface area is 294 Å². The monoisotopic (exact) mass is 653 g/mol. The van der Waals surface area contributed by atoms with E-state index in [2.05, 4.69) is 193 Å². The first-order chi connectivity index (χ1) is 24.8. The molecule has 9 aromatic carbocycles. The Balaban J connectivity index is 1.19. The van der Waals surface area contributed by atoms with Crippen molar-refractivity contribution in [2.24, 2.45) is 0 Å². The van der Waals surface area contributed by atoms with Crippen molar-refractivity contribution >= 4 is 80.9 Å². The molecule has 1 aromatic heterocycles. The van der Waals surface area contributed by atoms with Gasteiger partial charge in [-0.2, -0.15) is 0 Å². The van der Waals surface area contributed by atoms with Crippen molar-refractivity contribution in [3.8, 4) is 22.3 Å². The Morgan fingerprint density at radius 3 is 1.80 bits per heavy atom. The van der Waals surface area contributed by atoms with Gasteiger partial charge in [-0.3, -0.25) is 0 Å². The van der Waals surface area contributed by atoms with Crippen molar-refractivity contribution in [1.29, 1.82) is 0 Å². The van der Waals surface area contributed by atoms with Crippen LogP contribution in [0.2, 0.25) is 0 Å². The molecule has 0 radical (unpaired) electrons. The summed E-state index contributed by atoms with van der Waals surface area (Å²) in [4.78, 5) is 2.45. The van der Waals surface area contributed by atoms with E-state index >= 15 is 0 Å². The van der Waals surface area contributed by atoms with Crippen molar-refractivity contribution in [2.45, 2.75) is 0 Å². The van der Waals surface area contributed by atoms with Crippen molar-refractivity contribution in [2.75, 3.05) is 4.90 Å². The number of fused-ring (bicyclic) bond motifs is 7. The van der Waals surface area contributed by atoms with Crippen LogP contribution in [-0.2, 0) is 0 Å². The molecule has 0 saturated carbocycles. The van der Waals surface area contributed by atoms with E-state index in [1.807, 2.05) is 11.3 Å². The summed E-state index contributed by atoms with van der Waals surface area (Å²) in [5.74, 6) is 0. The molecular formula is C48H31NS. The fraction of sp³-hybridized carbons (Fsp3) is 0. The van der Waals surface area contributed by atoms with Gasteiger partial charge in [0.2, 0.25) is 0 Å². The second kappa shape index (κ2) is 11.7. The van der Waals surface area contributed by atoms with Crippen LogP contribution in [0.5, 0.6) is 0 Å². The molecule has 10 rings (SSSR count). The first-order valence-corrected chi connectivity index (χ1v) is 17.9. The molecule has 0 fully saturated rings. The van der Waals surface area contributed by atoms with E-state index in [0.29, 0.717) is 0 Å². The average Bonchev–Trinajstić information content (AvgIpc) is 3.58. The molecule has 0 aliphatic rings. The predicted molar refractivity (Wildman–Crippen MR) is 217 cm³/mol. The summed E-state index contributed by atoms with van der Waals surface area (Å²) in [5, 5.41) is 10.1. The lowest BCUT2D eigenvalue weighted by Gasteiger charge is -2.27. The predicted octanol–water partition coefficient (Wildman–Crippen LogP) is 14.3. The van der Waals surface area contributed by atoms with E-state index in [0.717, 1.165) is 11.4 Å². The number of anilines is 3. The highest BCUT2D eigenvalue weighted by molar-refractivity contribution is 7.26. The van der Waals surface area contributed by atoms with Crippen LogP contribution in [0.1, 0.15) is 0 Å². The maximum Gasteiger partial charge on any atom is 0.0640 e. The second-order valence-corrected chi connectivity index (χ2v) is 14.0. The molecule has 0 saturated heterocycles. The van der Waals surface area contributed by atoms with Gasteiger partial charge in [-0.15, -0.1) is 11.3 Å². The van der Waals surface area contributed by atoms with Gasteiger partial charge in [0.1, 0.15) is 0 Å². The van der Waals surface area contributed by atoms with Crippen LogP contribution in [-0.4, -0.2) is 0 Å². The zero-order valence-electron chi connectivity index (χ0n) is 27.3. The van der Waals surface area contributed by atoms with Crippen LogP contribution in [0.3, 0.4) is 0 Å².